The lowest BCUT2D eigenvalue weighted by atomic mass is 9.95. The number of nitrogens with zero attached hydrogens (tertiary/aromatic N) is 1. The average Bonchev–Trinajstić information content (AvgIpc) is 2.52. The zero-order valence-electron chi connectivity index (χ0n) is 8.15. The Labute approximate surface area is 91.1 Å². The van der Waals surface area contributed by atoms with Crippen molar-refractivity contribution in [2.45, 2.75) is 42.8 Å². The second kappa shape index (κ2) is 3.91. The molecule has 2 aliphatic rings. The molecule has 6 nitrogen and oxygen atoms in total. The van der Waals surface area contributed by atoms with Gasteiger partial charge >= 0.3 is 0 Å². The number of hydrogen-bond donors (Lipinski definition) is 4. The number of fused-ring (bicyclic) bond motifs is 1. The molecule has 0 bridgehead atoms. The van der Waals surface area contributed by atoms with Crippen molar-refractivity contribution in [2.75, 3.05) is 0 Å². The van der Waals surface area contributed by atoms with Gasteiger partial charge in [-0.2, -0.15) is 0 Å². The Hall–Kier alpha value is -0.340. The molecular formula is C8H14N2O4S. The number of rotatable bonds is 1. The van der Waals surface area contributed by atoms with Crippen LogP contribution in [0, 0.1) is 0 Å². The van der Waals surface area contributed by atoms with E-state index in [0.29, 0.717) is 5.17 Å². The van der Waals surface area contributed by atoms with Crippen LogP contribution in [0.3, 0.4) is 0 Å². The van der Waals surface area contributed by atoms with Crippen molar-refractivity contribution >= 4 is 16.9 Å². The van der Waals surface area contributed by atoms with E-state index in [1.54, 1.807) is 0 Å². The summed E-state index contributed by atoms with van der Waals surface area (Å²) in [4.78, 5) is 3.98. The zero-order valence-corrected chi connectivity index (χ0v) is 8.96. The minimum absolute atomic E-state index is 0.336. The first-order valence-corrected chi connectivity index (χ1v) is 5.58. The first kappa shape index (κ1) is 11.2. The van der Waals surface area contributed by atoms with Gasteiger partial charge in [0.25, 0.3) is 0 Å². The fourth-order valence-corrected chi connectivity index (χ4v) is 2.77. The first-order chi connectivity index (χ1) is 7.00. The molecule has 0 unspecified atom stereocenters. The van der Waals surface area contributed by atoms with E-state index in [1.165, 1.54) is 18.7 Å². The molecule has 2 aliphatic heterocycles. The summed E-state index contributed by atoms with van der Waals surface area (Å²) < 4.78 is 5.43. The molecule has 5 N–H and O–H groups in total. The summed E-state index contributed by atoms with van der Waals surface area (Å²) >= 11 is 1.20. The van der Waals surface area contributed by atoms with Crippen molar-refractivity contribution in [1.29, 1.82) is 0 Å². The van der Waals surface area contributed by atoms with Gasteiger partial charge in [0.1, 0.15) is 29.8 Å². The highest BCUT2D eigenvalue weighted by Crippen LogP contribution is 2.35. The third-order valence-corrected chi connectivity index (χ3v) is 3.56. The summed E-state index contributed by atoms with van der Waals surface area (Å²) in [6.45, 7) is 1.50. The van der Waals surface area contributed by atoms with Crippen LogP contribution in [0.1, 0.15) is 6.92 Å². The smallest absolute Gasteiger partial charge is 0.157 e. The monoisotopic (exact) mass is 234 g/mol. The quantitative estimate of drug-likeness (QED) is 0.428. The lowest BCUT2D eigenvalue weighted by Gasteiger charge is -2.39. The Morgan fingerprint density at radius 2 is 2.13 bits per heavy atom. The molecule has 1 saturated heterocycles. The largest absolute Gasteiger partial charge is 0.391 e. The molecule has 0 spiro atoms. The second-order valence-corrected chi connectivity index (χ2v) is 4.89. The highest BCUT2D eigenvalue weighted by molar-refractivity contribution is 8.14. The van der Waals surface area contributed by atoms with Crippen LogP contribution in [0.2, 0.25) is 0 Å². The summed E-state index contributed by atoms with van der Waals surface area (Å²) in [7, 11) is 0. The Balaban J connectivity index is 2.16. The van der Waals surface area contributed by atoms with Crippen molar-refractivity contribution in [3.63, 3.8) is 0 Å². The molecule has 0 aromatic carbocycles. The van der Waals surface area contributed by atoms with E-state index in [1.807, 2.05) is 0 Å². The molecule has 6 atom stereocenters. The van der Waals surface area contributed by atoms with E-state index >= 15 is 0 Å². The number of nitrogens with two attached hydrogens (primary N) is 1. The molecular weight excluding hydrogens is 220 g/mol. The van der Waals surface area contributed by atoms with Crippen LogP contribution in [-0.2, 0) is 4.74 Å². The summed E-state index contributed by atoms with van der Waals surface area (Å²) in [5, 5.41) is 29.2. The molecule has 0 aromatic rings. The van der Waals surface area contributed by atoms with E-state index in [-0.39, 0.29) is 0 Å². The summed E-state index contributed by atoms with van der Waals surface area (Å²) in [6.07, 6.45) is -3.83. The topological polar surface area (TPSA) is 108 Å². The van der Waals surface area contributed by atoms with E-state index in [0.717, 1.165) is 0 Å². The van der Waals surface area contributed by atoms with Gasteiger partial charge in [0, 0.05) is 0 Å². The van der Waals surface area contributed by atoms with Crippen molar-refractivity contribution in [2.24, 2.45) is 10.7 Å². The van der Waals surface area contributed by atoms with Gasteiger partial charge in [-0.1, -0.05) is 11.8 Å². The summed E-state index contributed by atoms with van der Waals surface area (Å²) in [5.41, 5.74) is 5.09. The maximum Gasteiger partial charge on any atom is 0.157 e. The highest BCUT2D eigenvalue weighted by Gasteiger charge is 2.49. The second-order valence-electron chi connectivity index (χ2n) is 3.77. The molecule has 0 radical (unpaired) electrons. The minimum Gasteiger partial charge on any atom is -0.391 e. The SMILES string of the molecule is C[C@H](O)[C@H]1O[C@@H]2SC(N)=N[C@@H]2[C@@H](O)[C@@H]1O. The van der Waals surface area contributed by atoms with E-state index in [2.05, 4.69) is 4.99 Å². The number of aliphatic imine (C=N–C) groups is 1. The van der Waals surface area contributed by atoms with Gasteiger partial charge in [-0.3, -0.25) is 4.99 Å². The predicted octanol–water partition coefficient (Wildman–Crippen LogP) is -1.76. The van der Waals surface area contributed by atoms with Crippen LogP contribution >= 0.6 is 11.8 Å². The van der Waals surface area contributed by atoms with Crippen LogP contribution in [0.5, 0.6) is 0 Å². The number of aliphatic hydroxyl groups is 3. The van der Waals surface area contributed by atoms with Crippen LogP contribution in [-0.4, -0.2) is 56.4 Å². The molecule has 1 fully saturated rings. The number of thioether (sulfide) groups is 1. The minimum atomic E-state index is -1.14. The molecule has 7 heteroatoms. The molecule has 0 aliphatic carbocycles. The number of ether oxygens (including phenoxy) is 1. The first-order valence-electron chi connectivity index (χ1n) is 4.70. The Morgan fingerprint density at radius 1 is 1.47 bits per heavy atom. The average molecular weight is 234 g/mol. The molecule has 86 valence electrons. The fourth-order valence-electron chi connectivity index (χ4n) is 1.80. The maximum absolute atomic E-state index is 9.77. The molecule has 0 saturated carbocycles. The highest BCUT2D eigenvalue weighted by atomic mass is 32.2. The van der Waals surface area contributed by atoms with Crippen molar-refractivity contribution in [3.8, 4) is 0 Å². The Morgan fingerprint density at radius 3 is 2.73 bits per heavy atom. The molecule has 2 heterocycles. The third-order valence-electron chi connectivity index (χ3n) is 2.60. The summed E-state index contributed by atoms with van der Waals surface area (Å²) in [5.74, 6) is 0. The van der Waals surface area contributed by atoms with Crippen LogP contribution in [0.15, 0.2) is 4.99 Å². The third kappa shape index (κ3) is 1.85. The van der Waals surface area contributed by atoms with E-state index in [9.17, 15) is 15.3 Å². The fraction of sp³-hybridized carbons (Fsp3) is 0.875. The van der Waals surface area contributed by atoms with Gasteiger partial charge in [-0.15, -0.1) is 0 Å². The van der Waals surface area contributed by atoms with Crippen molar-refractivity contribution in [3.05, 3.63) is 0 Å². The van der Waals surface area contributed by atoms with E-state index < -0.39 is 35.9 Å². The molecule has 0 amide bonds. The number of hydrogen-bond acceptors (Lipinski definition) is 7. The Bertz CT molecular complexity index is 286. The normalized spacial score (nSPS) is 47.2. The van der Waals surface area contributed by atoms with Gasteiger partial charge in [0.15, 0.2) is 5.17 Å². The van der Waals surface area contributed by atoms with Gasteiger partial charge in [-0.25, -0.2) is 0 Å². The maximum atomic E-state index is 9.77. The number of amidine groups is 1. The predicted molar refractivity (Wildman–Crippen MR) is 55.4 cm³/mol. The van der Waals surface area contributed by atoms with E-state index in [4.69, 9.17) is 10.5 Å². The van der Waals surface area contributed by atoms with Crippen molar-refractivity contribution < 1.29 is 20.1 Å². The lowest BCUT2D eigenvalue weighted by molar-refractivity contribution is -0.181. The van der Waals surface area contributed by atoms with Gasteiger partial charge < -0.3 is 25.8 Å². The number of aliphatic hydroxyl groups excluding tert-OH is 3. The van der Waals surface area contributed by atoms with Crippen LogP contribution < -0.4 is 5.73 Å². The Kier molecular flexibility index (Phi) is 2.91. The standard InChI is InChI=1S/C8H14N2O4S/c1-2(11)6-5(13)4(12)3-7(14-6)15-8(9)10-3/h2-7,11-13H,1H3,(H2,9,10)/t2-,3+,4+,5-,6+,7+/m0/s1. The van der Waals surface area contributed by atoms with Crippen molar-refractivity contribution in [1.82, 2.24) is 0 Å². The van der Waals surface area contributed by atoms with Gasteiger partial charge in [-0.05, 0) is 6.92 Å². The zero-order chi connectivity index (χ0) is 11.2. The van der Waals surface area contributed by atoms with Crippen LogP contribution in [0.4, 0.5) is 0 Å². The summed E-state index contributed by atoms with van der Waals surface area (Å²) in [6, 6.07) is -0.542. The van der Waals surface area contributed by atoms with Gasteiger partial charge in [0.2, 0.25) is 0 Å². The lowest BCUT2D eigenvalue weighted by Crippen LogP contribution is -2.57. The van der Waals surface area contributed by atoms with Gasteiger partial charge in [0.05, 0.1) is 6.10 Å². The molecule has 0 aromatic heterocycles. The van der Waals surface area contributed by atoms with Crippen LogP contribution in [0.25, 0.3) is 0 Å². The molecule has 15 heavy (non-hydrogen) atoms. The molecule has 2 rings (SSSR count).